The summed E-state index contributed by atoms with van der Waals surface area (Å²) in [7, 11) is 0. The van der Waals surface area contributed by atoms with Gasteiger partial charge in [0.05, 0.1) is 17.3 Å². The molecule has 0 aliphatic rings. The van der Waals surface area contributed by atoms with E-state index in [9.17, 15) is 9.90 Å². The maximum atomic E-state index is 12.9. The maximum Gasteiger partial charge on any atom is 0.231 e. The lowest BCUT2D eigenvalue weighted by Crippen LogP contribution is -2.03. The third-order valence-electron chi connectivity index (χ3n) is 4.55. The van der Waals surface area contributed by atoms with Gasteiger partial charge in [-0.3, -0.25) is 4.79 Å². The maximum absolute atomic E-state index is 12.9. The molecule has 3 aromatic carbocycles. The van der Waals surface area contributed by atoms with Gasteiger partial charge in [-0.1, -0.05) is 47.5 Å². The molecule has 0 unspecified atom stereocenters. The minimum atomic E-state index is -0.404. The number of halogens is 2. The molecule has 6 heteroatoms. The number of fused-ring (bicyclic) bond motifs is 1. The van der Waals surface area contributed by atoms with Gasteiger partial charge in [0.2, 0.25) is 5.78 Å². The molecule has 0 bridgehead atoms. The Labute approximate surface area is 171 Å². The summed E-state index contributed by atoms with van der Waals surface area (Å²) in [6, 6.07) is 17.7. The molecule has 140 valence electrons. The number of ketones is 1. The van der Waals surface area contributed by atoms with Gasteiger partial charge in [-0.15, -0.1) is 0 Å². The second kappa shape index (κ2) is 7.32. The number of benzene rings is 3. The summed E-state index contributed by atoms with van der Waals surface area (Å²) in [6.45, 7) is -0.0374. The van der Waals surface area contributed by atoms with Crippen LogP contribution in [0, 0.1) is 0 Å². The molecule has 0 aliphatic carbocycles. The minimum absolute atomic E-state index is 0.0374. The molecule has 1 heterocycles. The number of nitrogens with two attached hydrogens (primary N) is 1. The van der Waals surface area contributed by atoms with E-state index in [0.29, 0.717) is 16.0 Å². The normalized spacial score (nSPS) is 11.1. The first-order chi connectivity index (χ1) is 13.5. The van der Waals surface area contributed by atoms with Gasteiger partial charge in [-0.2, -0.15) is 0 Å². The lowest BCUT2D eigenvalue weighted by molar-refractivity contribution is 0.101. The smallest absolute Gasteiger partial charge is 0.231 e. The fourth-order valence-electron chi connectivity index (χ4n) is 3.11. The van der Waals surface area contributed by atoms with Gasteiger partial charge in [0, 0.05) is 16.0 Å². The Kier molecular flexibility index (Phi) is 4.85. The zero-order chi connectivity index (χ0) is 19.8. The third kappa shape index (κ3) is 3.27. The summed E-state index contributed by atoms with van der Waals surface area (Å²) in [5.41, 5.74) is 9.84. The zero-order valence-electron chi connectivity index (χ0n) is 14.6. The first-order valence-electron chi connectivity index (χ1n) is 8.50. The van der Waals surface area contributed by atoms with Gasteiger partial charge in [-0.25, -0.2) is 0 Å². The number of hydrogen-bond acceptors (Lipinski definition) is 4. The molecule has 0 spiro atoms. The molecule has 0 aliphatic heterocycles. The lowest BCUT2D eigenvalue weighted by atomic mass is 10.0. The largest absolute Gasteiger partial charge is 0.450 e. The summed E-state index contributed by atoms with van der Waals surface area (Å²) in [4.78, 5) is 12.9. The van der Waals surface area contributed by atoms with Crippen molar-refractivity contribution < 1.29 is 14.3 Å². The molecule has 1 aromatic heterocycles. The van der Waals surface area contributed by atoms with Crippen molar-refractivity contribution in [1.29, 1.82) is 0 Å². The molecule has 0 saturated carbocycles. The van der Waals surface area contributed by atoms with E-state index in [1.165, 1.54) is 6.07 Å². The predicted molar refractivity (Wildman–Crippen MR) is 112 cm³/mol. The Morgan fingerprint density at radius 3 is 2.54 bits per heavy atom. The molecule has 0 amide bonds. The van der Waals surface area contributed by atoms with E-state index in [1.54, 1.807) is 12.1 Å². The van der Waals surface area contributed by atoms with Crippen LogP contribution in [0.3, 0.4) is 0 Å². The van der Waals surface area contributed by atoms with E-state index in [2.05, 4.69) is 0 Å². The average molecular weight is 412 g/mol. The highest BCUT2D eigenvalue weighted by molar-refractivity contribution is 6.37. The van der Waals surface area contributed by atoms with Crippen molar-refractivity contribution in [2.45, 2.75) is 6.61 Å². The molecule has 4 nitrogen and oxygen atoms in total. The number of hydrogen-bond donors (Lipinski definition) is 2. The Bertz CT molecular complexity index is 1210. The van der Waals surface area contributed by atoms with Gasteiger partial charge in [0.1, 0.15) is 5.58 Å². The van der Waals surface area contributed by atoms with E-state index in [4.69, 9.17) is 33.4 Å². The van der Waals surface area contributed by atoms with Crippen LogP contribution in [0.25, 0.3) is 22.1 Å². The fourth-order valence-corrected chi connectivity index (χ4v) is 3.60. The van der Waals surface area contributed by atoms with Crippen molar-refractivity contribution in [3.05, 3.63) is 87.6 Å². The second-order valence-corrected chi connectivity index (χ2v) is 7.21. The van der Waals surface area contributed by atoms with Crippen molar-refractivity contribution in [2.24, 2.45) is 0 Å². The number of furan rings is 1. The van der Waals surface area contributed by atoms with Gasteiger partial charge < -0.3 is 15.3 Å². The topological polar surface area (TPSA) is 76.5 Å². The van der Waals surface area contributed by atoms with Crippen LogP contribution in [0.4, 0.5) is 5.69 Å². The van der Waals surface area contributed by atoms with Gasteiger partial charge in [-0.05, 0) is 53.1 Å². The van der Waals surface area contributed by atoms with Crippen molar-refractivity contribution in [3.63, 3.8) is 0 Å². The zero-order valence-corrected chi connectivity index (χ0v) is 16.1. The van der Waals surface area contributed by atoms with Crippen LogP contribution in [0.15, 0.2) is 65.1 Å². The van der Waals surface area contributed by atoms with Crippen LogP contribution in [-0.4, -0.2) is 10.9 Å². The first-order valence-corrected chi connectivity index (χ1v) is 9.25. The van der Waals surface area contributed by atoms with E-state index in [0.717, 1.165) is 16.7 Å². The van der Waals surface area contributed by atoms with Crippen LogP contribution in [-0.2, 0) is 6.61 Å². The van der Waals surface area contributed by atoms with Crippen LogP contribution in [0.2, 0.25) is 10.0 Å². The van der Waals surface area contributed by atoms with Crippen molar-refractivity contribution in [2.75, 3.05) is 5.73 Å². The fraction of sp³-hybridized carbons (Fsp3) is 0.0455. The Morgan fingerprint density at radius 2 is 1.79 bits per heavy atom. The first kappa shape index (κ1) is 18.6. The molecule has 0 saturated heterocycles. The summed E-state index contributed by atoms with van der Waals surface area (Å²) < 4.78 is 5.80. The molecular formula is C22H15Cl2NO3. The monoisotopic (exact) mass is 411 g/mol. The number of rotatable bonds is 4. The van der Waals surface area contributed by atoms with Gasteiger partial charge >= 0.3 is 0 Å². The highest BCUT2D eigenvalue weighted by Gasteiger charge is 2.22. The molecule has 0 atom stereocenters. The Morgan fingerprint density at radius 1 is 1.00 bits per heavy atom. The summed E-state index contributed by atoms with van der Waals surface area (Å²) in [5.74, 6) is -0.361. The van der Waals surface area contributed by atoms with Crippen molar-refractivity contribution in [3.8, 4) is 11.1 Å². The third-order valence-corrected chi connectivity index (χ3v) is 5.10. The predicted octanol–water partition coefficient (Wildman–Crippen LogP) is 5.71. The lowest BCUT2D eigenvalue weighted by Gasteiger charge is -2.03. The molecule has 0 fully saturated rings. The van der Waals surface area contributed by atoms with Crippen LogP contribution in [0.1, 0.15) is 21.7 Å². The van der Waals surface area contributed by atoms with Crippen molar-refractivity contribution in [1.82, 2.24) is 0 Å². The quantitative estimate of drug-likeness (QED) is 0.421. The summed E-state index contributed by atoms with van der Waals surface area (Å²) in [5, 5.41) is 10.7. The molecule has 3 N–H and O–H groups in total. The van der Waals surface area contributed by atoms with Crippen LogP contribution >= 0.6 is 23.2 Å². The number of nitrogen functional groups attached to an aromatic ring is 1. The highest BCUT2D eigenvalue weighted by Crippen LogP contribution is 2.34. The molecule has 28 heavy (non-hydrogen) atoms. The van der Waals surface area contributed by atoms with E-state index >= 15 is 0 Å². The summed E-state index contributed by atoms with van der Waals surface area (Å²) in [6.07, 6.45) is 0. The van der Waals surface area contributed by atoms with Crippen molar-refractivity contribution >= 4 is 45.6 Å². The average Bonchev–Trinajstić information content (AvgIpc) is 3.03. The SMILES string of the molecule is Nc1c(C(=O)c2ccc(Cl)cc2Cl)oc2cc(-c3cccc(CO)c3)ccc12. The van der Waals surface area contributed by atoms with Gasteiger partial charge in [0.25, 0.3) is 0 Å². The number of aliphatic hydroxyl groups excluding tert-OH is 1. The standard InChI is InChI=1S/C22H15Cl2NO3/c23-15-5-7-16(18(24)10-15)21(27)22-20(25)17-6-4-14(9-19(17)28-22)13-3-1-2-12(8-13)11-26/h1-10,26H,11,25H2. The Balaban J connectivity index is 1.79. The number of aliphatic hydroxyl groups is 1. The highest BCUT2D eigenvalue weighted by atomic mass is 35.5. The van der Waals surface area contributed by atoms with E-state index in [1.807, 2.05) is 42.5 Å². The second-order valence-electron chi connectivity index (χ2n) is 6.37. The molecule has 4 rings (SSSR count). The van der Waals surface area contributed by atoms with Gasteiger partial charge in [0.15, 0.2) is 5.76 Å². The number of carbonyl (C=O) groups excluding carboxylic acids is 1. The minimum Gasteiger partial charge on any atom is -0.450 e. The van der Waals surface area contributed by atoms with Crippen LogP contribution < -0.4 is 5.73 Å². The molecule has 4 aromatic rings. The molecular weight excluding hydrogens is 397 g/mol. The summed E-state index contributed by atoms with van der Waals surface area (Å²) >= 11 is 12.1. The number of anilines is 1. The van der Waals surface area contributed by atoms with E-state index < -0.39 is 5.78 Å². The number of carbonyl (C=O) groups is 1. The Hall–Kier alpha value is -2.79. The van der Waals surface area contributed by atoms with E-state index in [-0.39, 0.29) is 28.6 Å². The van der Waals surface area contributed by atoms with Crippen LogP contribution in [0.5, 0.6) is 0 Å². The molecule has 0 radical (unpaired) electrons.